The third-order valence-electron chi connectivity index (χ3n) is 3.14. The number of carbonyl (C=O) groups excluding carboxylic acids is 1. The Morgan fingerprint density at radius 2 is 1.94 bits per heavy atom. The minimum Gasteiger partial charge on any atom is -0.481 e. The lowest BCUT2D eigenvalue weighted by molar-refractivity contribution is -0.141. The average molecular weight is 245 g/mol. The molecule has 1 amide bonds. The van der Waals surface area contributed by atoms with E-state index in [9.17, 15) is 14.7 Å². The predicted molar refractivity (Wildman–Crippen MR) is 59.2 cm³/mol. The molecule has 0 radical (unpaired) electrons. The topological polar surface area (TPSA) is 107 Å². The van der Waals surface area contributed by atoms with Crippen molar-refractivity contribution >= 4 is 11.9 Å². The van der Waals surface area contributed by atoms with Gasteiger partial charge in [-0.05, 0) is 26.2 Å². The molecule has 0 saturated heterocycles. The zero-order valence-corrected chi connectivity index (χ0v) is 9.85. The van der Waals surface area contributed by atoms with E-state index >= 15 is 0 Å². The van der Waals surface area contributed by atoms with Gasteiger partial charge in [-0.2, -0.15) is 0 Å². The normalized spacial score (nSPS) is 27.5. The molecule has 1 saturated carbocycles. The van der Waals surface area contributed by atoms with Crippen LogP contribution in [0.1, 0.15) is 26.2 Å². The van der Waals surface area contributed by atoms with Gasteiger partial charge in [0.1, 0.15) is 5.60 Å². The Labute approximate surface area is 99.6 Å². The minimum absolute atomic E-state index is 0.0312. The second-order valence-corrected chi connectivity index (χ2v) is 4.92. The maximum absolute atomic E-state index is 11.7. The summed E-state index contributed by atoms with van der Waals surface area (Å²) in [6.07, 6.45) is 1.43. The Balaban J connectivity index is 2.37. The number of nitrogens with one attached hydrogen (secondary N) is 1. The molecule has 98 valence electrons. The van der Waals surface area contributed by atoms with Crippen LogP contribution in [-0.2, 0) is 9.59 Å². The first-order chi connectivity index (χ1) is 7.85. The Hall–Kier alpha value is -1.14. The maximum atomic E-state index is 11.7. The lowest BCUT2D eigenvalue weighted by Crippen LogP contribution is -2.44. The molecule has 0 spiro atoms. The van der Waals surface area contributed by atoms with E-state index in [1.165, 1.54) is 6.92 Å². The first-order valence-electron chi connectivity index (χ1n) is 5.69. The van der Waals surface area contributed by atoms with Crippen molar-refractivity contribution in [1.29, 1.82) is 0 Å². The summed E-state index contributed by atoms with van der Waals surface area (Å²) in [4.78, 5) is 22.4. The molecule has 0 heterocycles. The molecular weight excluding hydrogens is 226 g/mol. The van der Waals surface area contributed by atoms with E-state index in [2.05, 4.69) is 5.32 Å². The Kier molecular flexibility index (Phi) is 4.47. The molecule has 0 aromatic carbocycles. The van der Waals surface area contributed by atoms with Crippen molar-refractivity contribution in [1.82, 2.24) is 5.32 Å². The van der Waals surface area contributed by atoms with Gasteiger partial charge in [0.15, 0.2) is 0 Å². The summed E-state index contributed by atoms with van der Waals surface area (Å²) in [5.74, 6) is -1.85. The fourth-order valence-electron chi connectivity index (χ4n) is 1.92. The minimum atomic E-state index is -1.33. The van der Waals surface area contributed by atoms with Crippen LogP contribution in [0.3, 0.4) is 0 Å². The summed E-state index contributed by atoms with van der Waals surface area (Å²) in [6, 6.07) is 0. The third kappa shape index (κ3) is 3.98. The van der Waals surface area contributed by atoms with Crippen molar-refractivity contribution in [3.05, 3.63) is 0 Å². The monoisotopic (exact) mass is 245 g/mol. The molecule has 17 heavy (non-hydrogen) atoms. The summed E-state index contributed by atoms with van der Waals surface area (Å²) in [7, 11) is 0. The Bertz CT molecular complexity index is 302. The highest BCUT2D eigenvalue weighted by atomic mass is 16.4. The fraction of sp³-hybridized carbons (Fsp3) is 0.818. The van der Waals surface area contributed by atoms with E-state index in [-0.39, 0.29) is 18.4 Å². The van der Waals surface area contributed by atoms with Crippen molar-refractivity contribution in [3.8, 4) is 0 Å². The standard InChI is InChI=1S/C11H19NO5/c1-11(17,6-13)5-12-9(14)7-2-3-8(4-7)10(15)16/h7-8,13,17H,2-6H2,1H3,(H,12,14)(H,15,16). The summed E-state index contributed by atoms with van der Waals surface area (Å²) in [5, 5.41) is 29.6. The number of carboxylic acids is 1. The second kappa shape index (κ2) is 5.46. The van der Waals surface area contributed by atoms with Crippen LogP contribution in [0.15, 0.2) is 0 Å². The smallest absolute Gasteiger partial charge is 0.306 e. The first-order valence-corrected chi connectivity index (χ1v) is 5.69. The Morgan fingerprint density at radius 1 is 1.35 bits per heavy atom. The van der Waals surface area contributed by atoms with Crippen molar-refractivity contribution < 1.29 is 24.9 Å². The molecule has 1 rings (SSSR count). The van der Waals surface area contributed by atoms with Gasteiger partial charge in [-0.25, -0.2) is 0 Å². The highest BCUT2D eigenvalue weighted by Crippen LogP contribution is 2.31. The number of hydrogen-bond donors (Lipinski definition) is 4. The molecule has 0 aliphatic heterocycles. The molecule has 1 aliphatic rings. The van der Waals surface area contributed by atoms with Gasteiger partial charge in [0, 0.05) is 12.5 Å². The van der Waals surface area contributed by atoms with Gasteiger partial charge in [-0.3, -0.25) is 9.59 Å². The average Bonchev–Trinajstić information content (AvgIpc) is 2.75. The van der Waals surface area contributed by atoms with Crippen molar-refractivity contribution in [3.63, 3.8) is 0 Å². The van der Waals surface area contributed by atoms with Gasteiger partial charge in [-0.15, -0.1) is 0 Å². The van der Waals surface area contributed by atoms with Gasteiger partial charge in [-0.1, -0.05) is 0 Å². The molecule has 0 bridgehead atoms. The maximum Gasteiger partial charge on any atom is 0.306 e. The van der Waals surface area contributed by atoms with Crippen LogP contribution in [0.4, 0.5) is 0 Å². The molecule has 0 aromatic heterocycles. The number of rotatable bonds is 5. The van der Waals surface area contributed by atoms with Crippen LogP contribution in [0.25, 0.3) is 0 Å². The molecule has 6 nitrogen and oxygen atoms in total. The number of amides is 1. The third-order valence-corrected chi connectivity index (χ3v) is 3.14. The molecule has 3 atom stereocenters. The van der Waals surface area contributed by atoms with E-state index in [4.69, 9.17) is 10.2 Å². The van der Waals surface area contributed by atoms with Crippen molar-refractivity contribution in [2.45, 2.75) is 31.8 Å². The van der Waals surface area contributed by atoms with Gasteiger partial charge < -0.3 is 20.6 Å². The largest absolute Gasteiger partial charge is 0.481 e. The zero-order valence-electron chi connectivity index (χ0n) is 9.85. The Morgan fingerprint density at radius 3 is 2.41 bits per heavy atom. The van der Waals surface area contributed by atoms with Crippen LogP contribution in [0.2, 0.25) is 0 Å². The van der Waals surface area contributed by atoms with Gasteiger partial charge >= 0.3 is 5.97 Å². The molecule has 4 N–H and O–H groups in total. The number of carbonyl (C=O) groups is 2. The lowest BCUT2D eigenvalue weighted by atomic mass is 10.0. The number of hydrogen-bond acceptors (Lipinski definition) is 4. The lowest BCUT2D eigenvalue weighted by Gasteiger charge is -2.21. The number of carboxylic acid groups (broad SMARTS) is 1. The van der Waals surface area contributed by atoms with Gasteiger partial charge in [0.25, 0.3) is 0 Å². The van der Waals surface area contributed by atoms with E-state index in [1.54, 1.807) is 0 Å². The molecular formula is C11H19NO5. The van der Waals surface area contributed by atoms with Crippen molar-refractivity contribution in [2.75, 3.05) is 13.2 Å². The van der Waals surface area contributed by atoms with E-state index in [0.29, 0.717) is 19.3 Å². The first kappa shape index (κ1) is 13.9. The van der Waals surface area contributed by atoms with Crippen LogP contribution >= 0.6 is 0 Å². The van der Waals surface area contributed by atoms with Gasteiger partial charge in [0.05, 0.1) is 12.5 Å². The molecule has 6 heteroatoms. The van der Waals surface area contributed by atoms with Crippen LogP contribution in [-0.4, -0.2) is 45.9 Å². The van der Waals surface area contributed by atoms with Crippen LogP contribution < -0.4 is 5.32 Å². The number of aliphatic hydroxyl groups is 2. The van der Waals surface area contributed by atoms with E-state index in [1.807, 2.05) is 0 Å². The summed E-state index contributed by atoms with van der Waals surface area (Å²) >= 11 is 0. The fourth-order valence-corrected chi connectivity index (χ4v) is 1.92. The predicted octanol–water partition coefficient (Wildman–Crippen LogP) is -0.653. The number of aliphatic carboxylic acids is 1. The number of aliphatic hydroxyl groups excluding tert-OH is 1. The van der Waals surface area contributed by atoms with Crippen LogP contribution in [0, 0.1) is 11.8 Å². The molecule has 1 fully saturated rings. The second-order valence-electron chi connectivity index (χ2n) is 4.92. The van der Waals surface area contributed by atoms with E-state index in [0.717, 1.165) is 0 Å². The SMILES string of the molecule is CC(O)(CO)CNC(=O)C1CCC(C(=O)O)C1. The quantitative estimate of drug-likeness (QED) is 0.515. The van der Waals surface area contributed by atoms with E-state index < -0.39 is 24.1 Å². The summed E-state index contributed by atoms with van der Waals surface area (Å²) < 4.78 is 0. The molecule has 3 unspecified atom stereocenters. The van der Waals surface area contributed by atoms with Crippen LogP contribution in [0.5, 0.6) is 0 Å². The van der Waals surface area contributed by atoms with Gasteiger partial charge in [0.2, 0.25) is 5.91 Å². The zero-order chi connectivity index (χ0) is 13.1. The van der Waals surface area contributed by atoms with Crippen molar-refractivity contribution in [2.24, 2.45) is 11.8 Å². The highest BCUT2D eigenvalue weighted by molar-refractivity contribution is 5.80. The highest BCUT2D eigenvalue weighted by Gasteiger charge is 2.34. The molecule has 0 aromatic rings. The molecule has 1 aliphatic carbocycles. The summed E-state index contributed by atoms with van der Waals surface area (Å²) in [5.41, 5.74) is -1.33. The summed E-state index contributed by atoms with van der Waals surface area (Å²) in [6.45, 7) is 0.953.